The van der Waals surface area contributed by atoms with Gasteiger partial charge in [0.15, 0.2) is 0 Å². The van der Waals surface area contributed by atoms with E-state index in [4.69, 9.17) is 0 Å². The molecule has 0 N–H and O–H groups in total. The molecule has 9 heavy (non-hydrogen) atoms. The van der Waals surface area contributed by atoms with Gasteiger partial charge in [0, 0.05) is 0 Å². The van der Waals surface area contributed by atoms with Gasteiger partial charge in [0.05, 0.1) is 0 Å². The standard InChI is InChI=1S/C9H14/c1-4-8(3)7-6-5(2)9(6,7)8/h5-7H,4H2,1-3H3. The van der Waals surface area contributed by atoms with Crippen molar-refractivity contribution >= 4 is 0 Å². The lowest BCUT2D eigenvalue weighted by molar-refractivity contribution is 0.387. The van der Waals surface area contributed by atoms with Crippen LogP contribution in [-0.4, -0.2) is 0 Å². The van der Waals surface area contributed by atoms with Gasteiger partial charge in [-0.3, -0.25) is 0 Å². The molecule has 0 heteroatoms. The highest BCUT2D eigenvalue weighted by atomic mass is 15.1. The molecule has 3 rings (SSSR count). The fourth-order valence-corrected chi connectivity index (χ4v) is 4.01. The van der Waals surface area contributed by atoms with E-state index < -0.39 is 0 Å². The molecule has 0 radical (unpaired) electrons. The molecule has 50 valence electrons. The largest absolute Gasteiger partial charge is 0.0648 e. The molecule has 0 aliphatic heterocycles. The van der Waals surface area contributed by atoms with Crippen LogP contribution in [0.25, 0.3) is 0 Å². The lowest BCUT2D eigenvalue weighted by Gasteiger charge is -2.10. The Hall–Kier alpha value is 0. The van der Waals surface area contributed by atoms with E-state index in [9.17, 15) is 0 Å². The predicted octanol–water partition coefficient (Wildman–Crippen LogP) is 2.30. The van der Waals surface area contributed by atoms with Crippen molar-refractivity contribution in [2.45, 2.75) is 27.2 Å². The zero-order valence-electron chi connectivity index (χ0n) is 6.44. The Bertz CT molecular complexity index is 186. The third kappa shape index (κ3) is 0.199. The number of hydrogen-bond acceptors (Lipinski definition) is 0. The second-order valence-electron chi connectivity index (χ2n) is 4.50. The van der Waals surface area contributed by atoms with Crippen molar-refractivity contribution in [3.63, 3.8) is 0 Å². The molecular formula is C9H14. The average molecular weight is 122 g/mol. The van der Waals surface area contributed by atoms with Gasteiger partial charge in [0.2, 0.25) is 0 Å². The van der Waals surface area contributed by atoms with Gasteiger partial charge in [-0.2, -0.15) is 0 Å². The molecule has 1 spiro atoms. The van der Waals surface area contributed by atoms with Crippen LogP contribution in [0.5, 0.6) is 0 Å². The highest BCUT2D eigenvalue weighted by Crippen LogP contribution is 3.09. The molecule has 3 saturated carbocycles. The van der Waals surface area contributed by atoms with E-state index in [1.54, 1.807) is 0 Å². The van der Waals surface area contributed by atoms with E-state index in [2.05, 4.69) is 20.8 Å². The van der Waals surface area contributed by atoms with Crippen molar-refractivity contribution in [2.24, 2.45) is 28.6 Å². The van der Waals surface area contributed by atoms with Crippen molar-refractivity contribution in [3.05, 3.63) is 0 Å². The SMILES string of the molecule is CCC1(C)C2C3C(C)C321. The Labute approximate surface area is 56.6 Å². The van der Waals surface area contributed by atoms with Crippen LogP contribution in [0.1, 0.15) is 27.2 Å². The molecule has 0 saturated heterocycles. The molecule has 5 unspecified atom stereocenters. The van der Waals surface area contributed by atoms with Crippen LogP contribution in [0.15, 0.2) is 0 Å². The Morgan fingerprint density at radius 1 is 1.44 bits per heavy atom. The van der Waals surface area contributed by atoms with Gasteiger partial charge in [0.25, 0.3) is 0 Å². The van der Waals surface area contributed by atoms with Crippen molar-refractivity contribution in [1.29, 1.82) is 0 Å². The summed E-state index contributed by atoms with van der Waals surface area (Å²) < 4.78 is 0. The Kier molecular flexibility index (Phi) is 0.428. The second kappa shape index (κ2) is 0.810. The number of rotatable bonds is 1. The summed E-state index contributed by atoms with van der Waals surface area (Å²) >= 11 is 0. The molecule has 0 nitrogen and oxygen atoms in total. The first-order valence-corrected chi connectivity index (χ1v) is 4.21. The van der Waals surface area contributed by atoms with Gasteiger partial charge in [-0.25, -0.2) is 0 Å². The molecule has 0 amide bonds. The fourth-order valence-electron chi connectivity index (χ4n) is 4.01. The predicted molar refractivity (Wildman–Crippen MR) is 37.0 cm³/mol. The minimum atomic E-state index is 0.830. The van der Waals surface area contributed by atoms with E-state index in [0.29, 0.717) is 0 Å². The van der Waals surface area contributed by atoms with Crippen molar-refractivity contribution < 1.29 is 0 Å². The van der Waals surface area contributed by atoms with Crippen LogP contribution in [0.2, 0.25) is 0 Å². The molecular weight excluding hydrogens is 108 g/mol. The molecule has 5 atom stereocenters. The summed E-state index contributed by atoms with van der Waals surface area (Å²) in [5.41, 5.74) is 1.78. The lowest BCUT2D eigenvalue weighted by atomic mass is 9.94. The van der Waals surface area contributed by atoms with E-state index in [1.165, 1.54) is 18.3 Å². The fraction of sp³-hybridized carbons (Fsp3) is 1.00. The Morgan fingerprint density at radius 2 is 2.11 bits per heavy atom. The molecule has 3 aliphatic carbocycles. The smallest absolute Gasteiger partial charge is 0.0141 e. The van der Waals surface area contributed by atoms with Crippen molar-refractivity contribution in [1.82, 2.24) is 0 Å². The molecule has 0 aromatic heterocycles. The molecule has 0 heterocycles. The monoisotopic (exact) mass is 122 g/mol. The summed E-state index contributed by atoms with van der Waals surface area (Å²) in [6.45, 7) is 7.27. The van der Waals surface area contributed by atoms with Crippen molar-refractivity contribution in [3.8, 4) is 0 Å². The van der Waals surface area contributed by atoms with Crippen LogP contribution >= 0.6 is 0 Å². The molecule has 0 bridgehead atoms. The van der Waals surface area contributed by atoms with E-state index in [1.807, 2.05) is 0 Å². The van der Waals surface area contributed by atoms with Gasteiger partial charge in [-0.05, 0) is 35.0 Å². The Morgan fingerprint density at radius 3 is 2.22 bits per heavy atom. The zero-order chi connectivity index (χ0) is 6.44. The maximum atomic E-state index is 2.48. The third-order valence-corrected chi connectivity index (χ3v) is 4.83. The third-order valence-electron chi connectivity index (χ3n) is 4.83. The van der Waals surface area contributed by atoms with Crippen LogP contribution in [0.4, 0.5) is 0 Å². The number of fused-ring (bicyclic) bond motifs is 1. The van der Waals surface area contributed by atoms with Crippen LogP contribution in [-0.2, 0) is 0 Å². The number of hydrogen-bond donors (Lipinski definition) is 0. The Balaban J connectivity index is 1.93. The summed E-state index contributed by atoms with van der Waals surface area (Å²) in [6, 6.07) is 0. The second-order valence-corrected chi connectivity index (χ2v) is 4.50. The van der Waals surface area contributed by atoms with Gasteiger partial charge in [-0.15, -0.1) is 0 Å². The highest BCUT2D eigenvalue weighted by Gasteiger charge is 3.06. The first-order chi connectivity index (χ1) is 4.21. The molecule has 0 aromatic rings. The van der Waals surface area contributed by atoms with Crippen LogP contribution in [0.3, 0.4) is 0 Å². The summed E-state index contributed by atoms with van der Waals surface area (Å²) in [6.07, 6.45) is 1.43. The maximum absolute atomic E-state index is 2.48. The van der Waals surface area contributed by atoms with E-state index >= 15 is 0 Å². The minimum Gasteiger partial charge on any atom is -0.0648 e. The lowest BCUT2D eigenvalue weighted by Crippen LogP contribution is -2.03. The minimum absolute atomic E-state index is 0.830. The van der Waals surface area contributed by atoms with Gasteiger partial charge in [0.1, 0.15) is 0 Å². The summed E-state index contributed by atoms with van der Waals surface area (Å²) in [7, 11) is 0. The molecule has 3 fully saturated rings. The quantitative estimate of drug-likeness (QED) is 0.500. The first-order valence-electron chi connectivity index (χ1n) is 4.21. The van der Waals surface area contributed by atoms with Gasteiger partial charge >= 0.3 is 0 Å². The summed E-state index contributed by atoms with van der Waals surface area (Å²) in [5.74, 6) is 3.53. The summed E-state index contributed by atoms with van der Waals surface area (Å²) in [5, 5.41) is 0. The average Bonchev–Trinajstić information content (AvgIpc) is 2.70. The first kappa shape index (κ1) is 4.76. The highest BCUT2D eigenvalue weighted by molar-refractivity contribution is 5.52. The van der Waals surface area contributed by atoms with Crippen molar-refractivity contribution in [2.75, 3.05) is 0 Å². The zero-order valence-corrected chi connectivity index (χ0v) is 6.44. The van der Waals surface area contributed by atoms with Gasteiger partial charge < -0.3 is 0 Å². The molecule has 3 aliphatic rings. The van der Waals surface area contributed by atoms with Gasteiger partial charge in [-0.1, -0.05) is 20.8 Å². The topological polar surface area (TPSA) is 0 Å². The normalized spacial score (nSPS) is 81.0. The summed E-state index contributed by atoms with van der Waals surface area (Å²) in [4.78, 5) is 0. The molecule has 0 aromatic carbocycles. The van der Waals surface area contributed by atoms with E-state index in [-0.39, 0.29) is 0 Å². The maximum Gasteiger partial charge on any atom is -0.0141 e. The van der Waals surface area contributed by atoms with Crippen LogP contribution < -0.4 is 0 Å². The van der Waals surface area contributed by atoms with Crippen LogP contribution in [0, 0.1) is 28.6 Å². The van der Waals surface area contributed by atoms with E-state index in [0.717, 1.165) is 16.7 Å².